The molecular weight excluding hydrogens is 260 g/mol. The molecule has 0 atom stereocenters. The minimum Gasteiger partial charge on any atom is -0.398 e. The summed E-state index contributed by atoms with van der Waals surface area (Å²) in [5.74, 6) is 0.507. The zero-order valence-electron chi connectivity index (χ0n) is 11.8. The number of hydrogen-bond donors (Lipinski definition) is 1. The number of benzene rings is 1. The Labute approximate surface area is 115 Å². The first kappa shape index (κ1) is 14.3. The predicted molar refractivity (Wildman–Crippen MR) is 77.5 cm³/mol. The van der Waals surface area contributed by atoms with E-state index in [2.05, 4.69) is 0 Å². The van der Waals surface area contributed by atoms with Crippen LogP contribution in [0.1, 0.15) is 30.4 Å². The van der Waals surface area contributed by atoms with Gasteiger partial charge in [-0.3, -0.25) is 0 Å². The largest absolute Gasteiger partial charge is 0.398 e. The van der Waals surface area contributed by atoms with Crippen LogP contribution < -0.4 is 5.73 Å². The van der Waals surface area contributed by atoms with Crippen molar-refractivity contribution < 1.29 is 8.42 Å². The standard InChI is InChI=1S/C14H22N2O2S/c1-10-7-13(15)14(8-11(10)2)19(17,18)16(3)9-12-5-4-6-12/h7-8,12H,4-6,9,15H2,1-3H3. The summed E-state index contributed by atoms with van der Waals surface area (Å²) in [7, 11) is -1.83. The summed E-state index contributed by atoms with van der Waals surface area (Å²) in [6, 6.07) is 3.41. The Bertz CT molecular complexity index is 577. The van der Waals surface area contributed by atoms with Gasteiger partial charge in [-0.1, -0.05) is 6.42 Å². The van der Waals surface area contributed by atoms with E-state index in [1.165, 1.54) is 10.7 Å². The van der Waals surface area contributed by atoms with Gasteiger partial charge in [-0.25, -0.2) is 12.7 Å². The summed E-state index contributed by atoms with van der Waals surface area (Å²) in [6.07, 6.45) is 3.47. The van der Waals surface area contributed by atoms with Gasteiger partial charge in [0.2, 0.25) is 10.0 Å². The molecule has 4 nitrogen and oxygen atoms in total. The molecule has 1 aromatic rings. The normalized spacial score (nSPS) is 16.6. The van der Waals surface area contributed by atoms with E-state index in [4.69, 9.17) is 5.73 Å². The van der Waals surface area contributed by atoms with E-state index in [-0.39, 0.29) is 4.90 Å². The summed E-state index contributed by atoms with van der Waals surface area (Å²) in [6.45, 7) is 4.43. The highest BCUT2D eigenvalue weighted by Crippen LogP contribution is 2.30. The fraction of sp³-hybridized carbons (Fsp3) is 0.571. The first-order valence-corrected chi connectivity index (χ1v) is 8.09. The second kappa shape index (κ2) is 5.13. The molecule has 0 unspecified atom stereocenters. The molecule has 106 valence electrons. The highest BCUT2D eigenvalue weighted by atomic mass is 32.2. The molecule has 0 bridgehead atoms. The monoisotopic (exact) mass is 282 g/mol. The summed E-state index contributed by atoms with van der Waals surface area (Å²) in [5, 5.41) is 0. The molecular formula is C14H22N2O2S. The van der Waals surface area contributed by atoms with Crippen LogP contribution in [0.4, 0.5) is 5.69 Å². The number of anilines is 1. The van der Waals surface area contributed by atoms with E-state index in [0.29, 0.717) is 18.2 Å². The number of nitrogens with zero attached hydrogens (tertiary/aromatic N) is 1. The first-order valence-electron chi connectivity index (χ1n) is 6.65. The molecule has 2 N–H and O–H groups in total. The topological polar surface area (TPSA) is 63.4 Å². The SMILES string of the molecule is Cc1cc(N)c(S(=O)(=O)N(C)CC2CCC2)cc1C. The molecule has 1 fully saturated rings. The van der Waals surface area contributed by atoms with Crippen LogP contribution in [0.25, 0.3) is 0 Å². The van der Waals surface area contributed by atoms with Crippen LogP contribution in [-0.4, -0.2) is 26.3 Å². The van der Waals surface area contributed by atoms with E-state index < -0.39 is 10.0 Å². The number of rotatable bonds is 4. The number of sulfonamides is 1. The maximum atomic E-state index is 12.5. The third-order valence-electron chi connectivity index (χ3n) is 4.05. The van der Waals surface area contributed by atoms with Gasteiger partial charge < -0.3 is 5.73 Å². The maximum absolute atomic E-state index is 12.5. The molecule has 0 aliphatic heterocycles. The lowest BCUT2D eigenvalue weighted by atomic mass is 9.86. The van der Waals surface area contributed by atoms with Crippen molar-refractivity contribution in [2.75, 3.05) is 19.3 Å². The summed E-state index contributed by atoms with van der Waals surface area (Å²) >= 11 is 0. The highest BCUT2D eigenvalue weighted by molar-refractivity contribution is 7.89. The van der Waals surface area contributed by atoms with Crippen LogP contribution in [-0.2, 0) is 10.0 Å². The van der Waals surface area contributed by atoms with Gasteiger partial charge in [-0.05, 0) is 55.9 Å². The Morgan fingerprint density at radius 3 is 2.37 bits per heavy atom. The van der Waals surface area contributed by atoms with E-state index in [1.807, 2.05) is 13.8 Å². The summed E-state index contributed by atoms with van der Waals surface area (Å²) < 4.78 is 26.5. The van der Waals surface area contributed by atoms with Crippen molar-refractivity contribution in [1.82, 2.24) is 4.31 Å². The van der Waals surface area contributed by atoms with Crippen LogP contribution >= 0.6 is 0 Å². The van der Waals surface area contributed by atoms with Crippen LogP contribution in [0.15, 0.2) is 17.0 Å². The second-order valence-corrected chi connectivity index (χ2v) is 7.57. The Morgan fingerprint density at radius 1 is 1.26 bits per heavy atom. The zero-order chi connectivity index (χ0) is 14.2. The lowest BCUT2D eigenvalue weighted by Crippen LogP contribution is -2.34. The van der Waals surface area contributed by atoms with Gasteiger partial charge in [0.05, 0.1) is 5.69 Å². The van der Waals surface area contributed by atoms with E-state index >= 15 is 0 Å². The molecule has 0 amide bonds. The van der Waals surface area contributed by atoms with E-state index in [0.717, 1.165) is 24.0 Å². The van der Waals surface area contributed by atoms with E-state index in [9.17, 15) is 8.42 Å². The van der Waals surface area contributed by atoms with Crippen molar-refractivity contribution in [3.05, 3.63) is 23.3 Å². The predicted octanol–water partition coefficient (Wildman–Crippen LogP) is 2.31. The van der Waals surface area contributed by atoms with E-state index in [1.54, 1.807) is 19.2 Å². The van der Waals surface area contributed by atoms with Gasteiger partial charge in [-0.15, -0.1) is 0 Å². The second-order valence-electron chi connectivity index (χ2n) is 5.56. The minimum atomic E-state index is -3.47. The molecule has 1 saturated carbocycles. The Kier molecular flexibility index (Phi) is 3.87. The van der Waals surface area contributed by atoms with Gasteiger partial charge in [0.15, 0.2) is 0 Å². The third-order valence-corrected chi connectivity index (χ3v) is 5.93. The third kappa shape index (κ3) is 2.77. The summed E-state index contributed by atoms with van der Waals surface area (Å²) in [4.78, 5) is 0.234. The van der Waals surface area contributed by atoms with Crippen molar-refractivity contribution in [3.8, 4) is 0 Å². The van der Waals surface area contributed by atoms with Gasteiger partial charge >= 0.3 is 0 Å². The Hall–Kier alpha value is -1.07. The molecule has 1 aliphatic carbocycles. The molecule has 0 radical (unpaired) electrons. The van der Waals surface area contributed by atoms with Gasteiger partial charge in [-0.2, -0.15) is 0 Å². The molecule has 19 heavy (non-hydrogen) atoms. The van der Waals surface area contributed by atoms with Gasteiger partial charge in [0.25, 0.3) is 0 Å². The average molecular weight is 282 g/mol. The molecule has 0 aromatic heterocycles. The van der Waals surface area contributed by atoms with Crippen molar-refractivity contribution >= 4 is 15.7 Å². The quantitative estimate of drug-likeness (QED) is 0.862. The molecule has 0 spiro atoms. The van der Waals surface area contributed by atoms with Gasteiger partial charge in [0.1, 0.15) is 4.90 Å². The highest BCUT2D eigenvalue weighted by Gasteiger charge is 2.28. The van der Waals surface area contributed by atoms with Crippen molar-refractivity contribution in [2.45, 2.75) is 38.0 Å². The van der Waals surface area contributed by atoms with Crippen LogP contribution in [0.3, 0.4) is 0 Å². The fourth-order valence-electron chi connectivity index (χ4n) is 2.34. The number of hydrogen-bond acceptors (Lipinski definition) is 3. The minimum absolute atomic E-state index is 0.234. The molecule has 0 heterocycles. The van der Waals surface area contributed by atoms with Crippen molar-refractivity contribution in [1.29, 1.82) is 0 Å². The van der Waals surface area contributed by atoms with Crippen molar-refractivity contribution in [2.24, 2.45) is 5.92 Å². The molecule has 0 saturated heterocycles. The lowest BCUT2D eigenvalue weighted by Gasteiger charge is -2.30. The van der Waals surface area contributed by atoms with Gasteiger partial charge in [0, 0.05) is 13.6 Å². The maximum Gasteiger partial charge on any atom is 0.244 e. The average Bonchev–Trinajstić information content (AvgIpc) is 2.27. The first-order chi connectivity index (χ1) is 8.82. The van der Waals surface area contributed by atoms with Crippen molar-refractivity contribution in [3.63, 3.8) is 0 Å². The zero-order valence-corrected chi connectivity index (χ0v) is 12.6. The Balaban J connectivity index is 2.30. The molecule has 5 heteroatoms. The lowest BCUT2D eigenvalue weighted by molar-refractivity contribution is 0.263. The fourth-order valence-corrected chi connectivity index (χ4v) is 3.77. The molecule has 1 aliphatic rings. The molecule has 1 aromatic carbocycles. The molecule has 2 rings (SSSR count). The van der Waals surface area contributed by atoms with Crippen LogP contribution in [0, 0.1) is 19.8 Å². The smallest absolute Gasteiger partial charge is 0.244 e. The summed E-state index contributed by atoms with van der Waals surface area (Å²) in [5.41, 5.74) is 8.18. The number of nitrogens with two attached hydrogens (primary N) is 1. The van der Waals surface area contributed by atoms with Crippen LogP contribution in [0.5, 0.6) is 0 Å². The number of aryl methyl sites for hydroxylation is 2. The number of nitrogen functional groups attached to an aromatic ring is 1. The van der Waals surface area contributed by atoms with Crippen LogP contribution in [0.2, 0.25) is 0 Å². The Morgan fingerprint density at radius 2 is 1.84 bits per heavy atom.